The van der Waals surface area contributed by atoms with Crippen molar-refractivity contribution in [3.63, 3.8) is 0 Å². The maximum Gasteiger partial charge on any atom is 0.488 e. The van der Waals surface area contributed by atoms with Gasteiger partial charge < -0.3 is 14.0 Å². The first kappa shape index (κ1) is 19.6. The standard InChI is InChI=1S/C19H22FNO5S/c20-27(23,24)26-17-9-7-15(8-10-17)12-21(14-18-5-3-11-25-18)13-16-4-1-2-6-19(16)22/h1-2,4,6-10,18,22H,3,5,11-14H2. The molecular formula is C19H22FNO5S. The van der Waals surface area contributed by atoms with E-state index in [9.17, 15) is 17.4 Å². The zero-order chi connectivity index (χ0) is 19.3. The fourth-order valence-electron chi connectivity index (χ4n) is 3.17. The van der Waals surface area contributed by atoms with Crippen LogP contribution in [0.1, 0.15) is 24.0 Å². The number of aromatic hydroxyl groups is 1. The highest BCUT2D eigenvalue weighted by Gasteiger charge is 2.20. The largest absolute Gasteiger partial charge is 0.508 e. The molecule has 0 amide bonds. The Morgan fingerprint density at radius 1 is 1.15 bits per heavy atom. The molecule has 0 aliphatic carbocycles. The van der Waals surface area contributed by atoms with Gasteiger partial charge in [0.15, 0.2) is 0 Å². The number of ether oxygens (including phenoxy) is 1. The van der Waals surface area contributed by atoms with Crippen molar-refractivity contribution in [2.45, 2.75) is 32.0 Å². The fraction of sp³-hybridized carbons (Fsp3) is 0.368. The van der Waals surface area contributed by atoms with Crippen molar-refractivity contribution in [2.24, 2.45) is 0 Å². The van der Waals surface area contributed by atoms with Crippen LogP contribution in [0.15, 0.2) is 48.5 Å². The molecule has 1 heterocycles. The Bertz CT molecular complexity index is 851. The number of benzene rings is 2. The predicted molar refractivity (Wildman–Crippen MR) is 98.3 cm³/mol. The molecule has 0 radical (unpaired) electrons. The maximum atomic E-state index is 12.6. The summed E-state index contributed by atoms with van der Waals surface area (Å²) in [6.07, 6.45) is 2.19. The van der Waals surface area contributed by atoms with Gasteiger partial charge in [-0.2, -0.15) is 8.42 Å². The van der Waals surface area contributed by atoms with Crippen molar-refractivity contribution in [3.8, 4) is 11.5 Å². The third-order valence-corrected chi connectivity index (χ3v) is 4.79. The van der Waals surface area contributed by atoms with Gasteiger partial charge in [-0.05, 0) is 36.6 Å². The van der Waals surface area contributed by atoms with E-state index in [2.05, 4.69) is 9.08 Å². The minimum absolute atomic E-state index is 0.0763. The highest BCUT2D eigenvalue weighted by molar-refractivity contribution is 7.81. The van der Waals surface area contributed by atoms with Crippen molar-refractivity contribution in [3.05, 3.63) is 59.7 Å². The zero-order valence-corrected chi connectivity index (χ0v) is 15.6. The summed E-state index contributed by atoms with van der Waals surface area (Å²) in [5.74, 6) is 0.166. The van der Waals surface area contributed by atoms with Gasteiger partial charge in [0.25, 0.3) is 0 Å². The zero-order valence-electron chi connectivity index (χ0n) is 14.8. The summed E-state index contributed by atoms with van der Waals surface area (Å²) in [6, 6.07) is 13.4. The highest BCUT2D eigenvalue weighted by atomic mass is 32.3. The fourth-order valence-corrected chi connectivity index (χ4v) is 3.51. The van der Waals surface area contributed by atoms with E-state index in [0.717, 1.165) is 30.6 Å². The lowest BCUT2D eigenvalue weighted by atomic mass is 10.1. The van der Waals surface area contributed by atoms with Crippen LogP contribution in [0.5, 0.6) is 11.5 Å². The summed E-state index contributed by atoms with van der Waals surface area (Å²) in [5.41, 5.74) is 1.73. The molecule has 146 valence electrons. The number of phenols is 1. The number of hydrogen-bond acceptors (Lipinski definition) is 6. The van der Waals surface area contributed by atoms with E-state index in [1.165, 1.54) is 12.1 Å². The van der Waals surface area contributed by atoms with Gasteiger partial charge >= 0.3 is 10.5 Å². The van der Waals surface area contributed by atoms with Gasteiger partial charge in [-0.3, -0.25) is 4.90 Å². The van der Waals surface area contributed by atoms with E-state index < -0.39 is 10.5 Å². The Hall–Kier alpha value is -2.16. The van der Waals surface area contributed by atoms with Gasteiger partial charge in [-0.15, -0.1) is 0 Å². The van der Waals surface area contributed by atoms with Gasteiger partial charge in [-0.1, -0.05) is 34.2 Å². The topological polar surface area (TPSA) is 76.1 Å². The van der Waals surface area contributed by atoms with Crippen LogP contribution in [0.25, 0.3) is 0 Å². The van der Waals surface area contributed by atoms with Gasteiger partial charge in [0, 0.05) is 31.8 Å². The molecule has 0 saturated carbocycles. The molecular weight excluding hydrogens is 373 g/mol. The van der Waals surface area contributed by atoms with Crippen LogP contribution >= 0.6 is 0 Å². The van der Waals surface area contributed by atoms with Crippen LogP contribution in [0.4, 0.5) is 3.89 Å². The predicted octanol–water partition coefficient (Wildman–Crippen LogP) is 3.17. The van der Waals surface area contributed by atoms with Gasteiger partial charge in [0.2, 0.25) is 0 Å². The lowest BCUT2D eigenvalue weighted by molar-refractivity contribution is 0.0676. The Balaban J connectivity index is 1.71. The average Bonchev–Trinajstić information content (AvgIpc) is 3.10. The number of halogens is 1. The summed E-state index contributed by atoms with van der Waals surface area (Å²) >= 11 is 0. The molecule has 0 bridgehead atoms. The molecule has 1 fully saturated rings. The summed E-state index contributed by atoms with van der Waals surface area (Å²) in [7, 11) is -5.03. The first-order valence-corrected chi connectivity index (χ1v) is 10.0. The molecule has 27 heavy (non-hydrogen) atoms. The van der Waals surface area contributed by atoms with Crippen molar-refractivity contribution < 1.29 is 26.3 Å². The minimum Gasteiger partial charge on any atom is -0.508 e. The van der Waals surface area contributed by atoms with Crippen molar-refractivity contribution in [1.82, 2.24) is 4.90 Å². The van der Waals surface area contributed by atoms with Crippen LogP contribution in [0.2, 0.25) is 0 Å². The van der Waals surface area contributed by atoms with Gasteiger partial charge in [0.1, 0.15) is 11.5 Å². The Morgan fingerprint density at radius 2 is 1.89 bits per heavy atom. The minimum atomic E-state index is -5.03. The quantitative estimate of drug-likeness (QED) is 0.692. The van der Waals surface area contributed by atoms with Crippen molar-refractivity contribution in [2.75, 3.05) is 13.2 Å². The molecule has 1 aliphatic rings. The van der Waals surface area contributed by atoms with E-state index in [-0.39, 0.29) is 17.6 Å². The first-order valence-electron chi connectivity index (χ1n) is 8.73. The Morgan fingerprint density at radius 3 is 2.52 bits per heavy atom. The normalized spacial score (nSPS) is 17.3. The lowest BCUT2D eigenvalue weighted by Gasteiger charge is -2.25. The van der Waals surface area contributed by atoms with E-state index in [0.29, 0.717) is 19.6 Å². The second-order valence-electron chi connectivity index (χ2n) is 6.55. The maximum absolute atomic E-state index is 12.6. The molecule has 2 aromatic carbocycles. The average molecular weight is 395 g/mol. The summed E-state index contributed by atoms with van der Waals surface area (Å²) in [6.45, 7) is 2.59. The number of nitrogens with zero attached hydrogens (tertiary/aromatic N) is 1. The van der Waals surface area contributed by atoms with Crippen molar-refractivity contribution >= 4 is 10.5 Å². The molecule has 6 nitrogen and oxygen atoms in total. The Kier molecular flexibility index (Phi) is 6.30. The molecule has 8 heteroatoms. The molecule has 1 aliphatic heterocycles. The molecule has 0 spiro atoms. The smallest absolute Gasteiger partial charge is 0.488 e. The summed E-state index contributed by atoms with van der Waals surface area (Å²) < 4.78 is 43.7. The SMILES string of the molecule is O=S(=O)(F)Oc1ccc(CN(Cc2ccccc2O)CC2CCCO2)cc1. The molecule has 0 aromatic heterocycles. The molecule has 1 atom stereocenters. The van der Waals surface area contributed by atoms with Crippen LogP contribution in [-0.4, -0.2) is 37.7 Å². The molecule has 1 saturated heterocycles. The highest BCUT2D eigenvalue weighted by Crippen LogP contribution is 2.22. The van der Waals surface area contributed by atoms with E-state index in [1.54, 1.807) is 24.3 Å². The number of para-hydroxylation sites is 1. The first-order chi connectivity index (χ1) is 12.9. The Labute approximate surface area is 158 Å². The lowest BCUT2D eigenvalue weighted by Crippen LogP contribution is -2.31. The number of hydrogen-bond donors (Lipinski definition) is 1. The van der Waals surface area contributed by atoms with Crippen molar-refractivity contribution in [1.29, 1.82) is 0 Å². The molecule has 1 unspecified atom stereocenters. The molecule has 3 rings (SSSR count). The van der Waals surface area contributed by atoms with E-state index in [4.69, 9.17) is 4.74 Å². The molecule has 1 N–H and O–H groups in total. The summed E-state index contributed by atoms with van der Waals surface area (Å²) in [5, 5.41) is 10.1. The van der Waals surface area contributed by atoms with Gasteiger partial charge in [-0.25, -0.2) is 0 Å². The van der Waals surface area contributed by atoms with Gasteiger partial charge in [0.05, 0.1) is 6.10 Å². The van der Waals surface area contributed by atoms with Crippen LogP contribution < -0.4 is 4.18 Å². The van der Waals surface area contributed by atoms with Crippen LogP contribution in [0, 0.1) is 0 Å². The monoisotopic (exact) mass is 395 g/mol. The van der Waals surface area contributed by atoms with Crippen LogP contribution in [0.3, 0.4) is 0 Å². The summed E-state index contributed by atoms with van der Waals surface area (Å²) in [4.78, 5) is 2.16. The number of rotatable bonds is 8. The third-order valence-electron chi connectivity index (χ3n) is 4.40. The molecule has 2 aromatic rings. The van der Waals surface area contributed by atoms with E-state index in [1.807, 2.05) is 12.1 Å². The number of phenolic OH excluding ortho intramolecular Hbond substituents is 1. The van der Waals surface area contributed by atoms with E-state index >= 15 is 0 Å². The third kappa shape index (κ3) is 6.20. The second kappa shape index (κ2) is 8.69. The van der Waals surface area contributed by atoms with Crippen LogP contribution in [-0.2, 0) is 28.3 Å². The second-order valence-corrected chi connectivity index (χ2v) is 7.51.